The van der Waals surface area contributed by atoms with Crippen molar-refractivity contribution in [2.24, 2.45) is 0 Å². The maximum atomic E-state index is 13.0. The summed E-state index contributed by atoms with van der Waals surface area (Å²) in [5.41, 5.74) is 0.289. The number of fused-ring (bicyclic) bond motifs is 1. The van der Waals surface area contributed by atoms with E-state index in [1.54, 1.807) is 30.3 Å². The highest BCUT2D eigenvalue weighted by Gasteiger charge is 2.43. The number of urea groups is 1. The zero-order chi connectivity index (χ0) is 17.3. The second-order valence-corrected chi connectivity index (χ2v) is 6.69. The van der Waals surface area contributed by atoms with Crippen LogP contribution in [-0.4, -0.2) is 28.1 Å². The van der Waals surface area contributed by atoms with E-state index in [4.69, 9.17) is 10.00 Å². The van der Waals surface area contributed by atoms with E-state index in [0.717, 1.165) is 4.90 Å². The molecule has 0 spiro atoms. The van der Waals surface area contributed by atoms with Gasteiger partial charge in [-0.3, -0.25) is 4.90 Å². The number of para-hydroxylation sites is 3. The van der Waals surface area contributed by atoms with Crippen LogP contribution < -0.4 is 13.9 Å². The Labute approximate surface area is 139 Å². The predicted molar refractivity (Wildman–Crippen MR) is 87.5 cm³/mol. The van der Waals surface area contributed by atoms with Crippen molar-refractivity contribution in [1.29, 1.82) is 5.26 Å². The lowest BCUT2D eigenvalue weighted by atomic mass is 10.2. The Kier molecular flexibility index (Phi) is 3.87. The molecule has 2 amide bonds. The van der Waals surface area contributed by atoms with Gasteiger partial charge in [0.05, 0.1) is 18.9 Å². The topological polar surface area (TPSA) is 90.7 Å². The van der Waals surface area contributed by atoms with Crippen LogP contribution in [0.1, 0.15) is 0 Å². The summed E-state index contributed by atoms with van der Waals surface area (Å²) in [5, 5.41) is 9.01. The third kappa shape index (κ3) is 2.26. The van der Waals surface area contributed by atoms with Gasteiger partial charge >= 0.3 is 6.03 Å². The van der Waals surface area contributed by atoms with Crippen LogP contribution in [0.5, 0.6) is 5.75 Å². The largest absolute Gasteiger partial charge is 0.495 e. The second-order valence-electron chi connectivity index (χ2n) is 4.94. The zero-order valence-electron chi connectivity index (χ0n) is 12.7. The molecular formula is C16H13N3O4S. The van der Waals surface area contributed by atoms with Crippen LogP contribution in [-0.2, 0) is 10.0 Å². The lowest BCUT2D eigenvalue weighted by Crippen LogP contribution is -2.51. The third-order valence-electron chi connectivity index (χ3n) is 3.61. The second kappa shape index (κ2) is 5.86. The molecule has 1 aliphatic rings. The average Bonchev–Trinajstić information content (AvgIpc) is 2.59. The minimum atomic E-state index is -4.12. The fourth-order valence-electron chi connectivity index (χ4n) is 2.57. The number of rotatable bonds is 3. The Morgan fingerprint density at radius 2 is 1.71 bits per heavy atom. The van der Waals surface area contributed by atoms with Crippen LogP contribution in [0, 0.1) is 11.3 Å². The van der Waals surface area contributed by atoms with Crippen LogP contribution >= 0.6 is 0 Å². The molecule has 2 aromatic carbocycles. The van der Waals surface area contributed by atoms with Crippen LogP contribution in [0.2, 0.25) is 0 Å². The molecule has 0 atom stereocenters. The van der Waals surface area contributed by atoms with Gasteiger partial charge in [0.25, 0.3) is 10.0 Å². The summed E-state index contributed by atoms with van der Waals surface area (Å²) in [4.78, 5) is 13.9. The van der Waals surface area contributed by atoms with Gasteiger partial charge in [0.2, 0.25) is 0 Å². The van der Waals surface area contributed by atoms with Crippen LogP contribution in [0.15, 0.2) is 53.4 Å². The number of anilines is 2. The summed E-state index contributed by atoms with van der Waals surface area (Å²) in [5.74, 6) is 0.241. The Morgan fingerprint density at radius 3 is 2.38 bits per heavy atom. The maximum Gasteiger partial charge on any atom is 0.344 e. The number of hydrogen-bond donors (Lipinski definition) is 0. The van der Waals surface area contributed by atoms with E-state index in [1.165, 1.54) is 25.3 Å². The quantitative estimate of drug-likeness (QED) is 0.798. The van der Waals surface area contributed by atoms with Crippen molar-refractivity contribution >= 4 is 27.4 Å². The van der Waals surface area contributed by atoms with Crippen molar-refractivity contribution in [2.75, 3.05) is 22.9 Å². The molecule has 122 valence electrons. The number of methoxy groups -OCH3 is 1. The van der Waals surface area contributed by atoms with Gasteiger partial charge in [0, 0.05) is 0 Å². The molecule has 0 bridgehead atoms. The smallest absolute Gasteiger partial charge is 0.344 e. The van der Waals surface area contributed by atoms with Crippen molar-refractivity contribution in [3.63, 3.8) is 0 Å². The van der Waals surface area contributed by atoms with Crippen molar-refractivity contribution in [2.45, 2.75) is 4.90 Å². The van der Waals surface area contributed by atoms with Gasteiger partial charge in [-0.25, -0.2) is 13.2 Å². The van der Waals surface area contributed by atoms with Crippen molar-refractivity contribution in [1.82, 2.24) is 0 Å². The van der Waals surface area contributed by atoms with E-state index in [2.05, 4.69) is 0 Å². The molecule has 0 aliphatic carbocycles. The first kappa shape index (κ1) is 15.8. The summed E-state index contributed by atoms with van der Waals surface area (Å²) in [6.07, 6.45) is 0. The molecule has 0 radical (unpaired) electrons. The molecule has 7 nitrogen and oxygen atoms in total. The van der Waals surface area contributed by atoms with Gasteiger partial charge in [-0.1, -0.05) is 24.3 Å². The molecule has 0 fully saturated rings. The number of ether oxygens (including phenoxy) is 1. The lowest BCUT2D eigenvalue weighted by Gasteiger charge is -2.35. The molecule has 24 heavy (non-hydrogen) atoms. The number of carbonyl (C=O) groups is 1. The number of sulfonamides is 1. The Hall–Kier alpha value is -3.05. The standard InChI is InChI=1S/C16H13N3O4S/c1-23-14-8-4-2-6-12(14)19-16(20)18(11-10-17)13-7-3-5-9-15(13)24(19,21)22/h2-9H,11H2,1H3. The van der Waals surface area contributed by atoms with Crippen molar-refractivity contribution < 1.29 is 17.9 Å². The molecule has 1 heterocycles. The van der Waals surface area contributed by atoms with E-state index >= 15 is 0 Å². The number of hydrogen-bond acceptors (Lipinski definition) is 5. The normalized spacial score (nSPS) is 15.6. The monoisotopic (exact) mass is 343 g/mol. The van der Waals surface area contributed by atoms with E-state index in [-0.39, 0.29) is 28.6 Å². The number of nitrogens with zero attached hydrogens (tertiary/aromatic N) is 3. The van der Waals surface area contributed by atoms with Gasteiger partial charge in [-0.2, -0.15) is 9.57 Å². The molecule has 0 aromatic heterocycles. The van der Waals surface area contributed by atoms with E-state index < -0.39 is 16.1 Å². The summed E-state index contributed by atoms with van der Waals surface area (Å²) >= 11 is 0. The molecule has 0 unspecified atom stereocenters. The first-order valence-corrected chi connectivity index (χ1v) is 8.42. The first-order chi connectivity index (χ1) is 11.5. The van der Waals surface area contributed by atoms with Gasteiger partial charge < -0.3 is 4.74 Å². The summed E-state index contributed by atoms with van der Waals surface area (Å²) in [6, 6.07) is 13.5. The molecule has 3 rings (SSSR count). The van der Waals surface area contributed by atoms with Crippen LogP contribution in [0.3, 0.4) is 0 Å². The highest BCUT2D eigenvalue weighted by atomic mass is 32.2. The van der Waals surface area contributed by atoms with E-state index in [9.17, 15) is 13.2 Å². The third-order valence-corrected chi connectivity index (χ3v) is 5.35. The fourth-order valence-corrected chi connectivity index (χ4v) is 4.17. The van der Waals surface area contributed by atoms with Gasteiger partial charge in [-0.05, 0) is 24.3 Å². The molecule has 0 saturated heterocycles. The highest BCUT2D eigenvalue weighted by molar-refractivity contribution is 7.94. The Balaban J connectivity index is 2.28. The Morgan fingerprint density at radius 1 is 1.08 bits per heavy atom. The van der Waals surface area contributed by atoms with Crippen LogP contribution in [0.4, 0.5) is 16.2 Å². The van der Waals surface area contributed by atoms with Gasteiger partial charge in [-0.15, -0.1) is 0 Å². The molecule has 0 N–H and O–H groups in total. The zero-order valence-corrected chi connectivity index (χ0v) is 13.5. The van der Waals surface area contributed by atoms with Gasteiger partial charge in [0.15, 0.2) is 0 Å². The molecule has 1 aliphatic heterocycles. The molecule has 0 saturated carbocycles. The number of benzene rings is 2. The lowest BCUT2D eigenvalue weighted by molar-refractivity contribution is 0.254. The SMILES string of the molecule is COc1ccccc1N1C(=O)N(CC#N)c2ccccc2S1(=O)=O. The number of nitriles is 1. The minimum absolute atomic E-state index is 0.0363. The highest BCUT2D eigenvalue weighted by Crippen LogP contribution is 2.40. The molecule has 8 heteroatoms. The summed E-state index contributed by atoms with van der Waals surface area (Å²) in [6.45, 7) is -0.267. The van der Waals surface area contributed by atoms with E-state index in [1.807, 2.05) is 6.07 Å². The molecular weight excluding hydrogens is 330 g/mol. The Bertz CT molecular complexity index is 950. The number of amides is 2. The van der Waals surface area contributed by atoms with E-state index in [0.29, 0.717) is 4.31 Å². The number of carbonyl (C=O) groups excluding carboxylic acids is 1. The summed E-state index contributed by atoms with van der Waals surface area (Å²) < 4.78 is 31.8. The maximum absolute atomic E-state index is 13.0. The average molecular weight is 343 g/mol. The predicted octanol–water partition coefficient (Wildman–Crippen LogP) is 2.35. The first-order valence-electron chi connectivity index (χ1n) is 6.98. The fraction of sp³-hybridized carbons (Fsp3) is 0.125. The minimum Gasteiger partial charge on any atom is -0.495 e. The van der Waals surface area contributed by atoms with Gasteiger partial charge in [0.1, 0.15) is 22.9 Å². The molecule has 2 aromatic rings. The van der Waals surface area contributed by atoms with Crippen molar-refractivity contribution in [3.05, 3.63) is 48.5 Å². The van der Waals surface area contributed by atoms with Crippen LogP contribution in [0.25, 0.3) is 0 Å². The summed E-state index contributed by atoms with van der Waals surface area (Å²) in [7, 11) is -2.73. The van der Waals surface area contributed by atoms with Crippen molar-refractivity contribution in [3.8, 4) is 11.8 Å².